The Labute approximate surface area is 146 Å². The molecule has 124 valence electrons. The van der Waals surface area contributed by atoms with E-state index in [-0.39, 0.29) is 6.54 Å². The minimum atomic E-state index is -0.785. The first-order chi connectivity index (χ1) is 12.2. The van der Waals surface area contributed by atoms with Gasteiger partial charge in [-0.05, 0) is 40.6 Å². The maximum atomic E-state index is 12.0. The molecule has 0 spiro atoms. The van der Waals surface area contributed by atoms with Crippen molar-refractivity contribution in [1.29, 1.82) is 0 Å². The lowest BCUT2D eigenvalue weighted by Gasteiger charge is -2.14. The Morgan fingerprint density at radius 2 is 1.84 bits per heavy atom. The molecule has 2 amide bonds. The number of terminal acetylenes is 1. The smallest absolute Gasteiger partial charge is 0.319 e. The lowest BCUT2D eigenvalue weighted by atomic mass is 10.0. The summed E-state index contributed by atoms with van der Waals surface area (Å²) in [5, 5.41) is 17.8. The fourth-order valence-corrected chi connectivity index (χ4v) is 2.58. The van der Waals surface area contributed by atoms with Crippen LogP contribution in [0.4, 0.5) is 10.5 Å². The molecule has 4 heteroatoms. The molecule has 0 saturated heterocycles. The summed E-state index contributed by atoms with van der Waals surface area (Å²) in [4.78, 5) is 12.0. The lowest BCUT2D eigenvalue weighted by molar-refractivity contribution is 0.175. The Hall–Kier alpha value is -3.29. The highest BCUT2D eigenvalue weighted by atomic mass is 16.3. The summed E-state index contributed by atoms with van der Waals surface area (Å²) in [6, 6.07) is 20.3. The molecule has 3 aromatic rings. The SMILES string of the molecule is C#Cc1cccc(NC(=O)NCC(O)c2ccc3ccccc3c2)c1. The maximum Gasteiger partial charge on any atom is 0.319 e. The average molecular weight is 330 g/mol. The van der Waals surface area contributed by atoms with E-state index in [1.54, 1.807) is 24.3 Å². The van der Waals surface area contributed by atoms with Crippen LogP contribution in [-0.4, -0.2) is 17.7 Å². The molecule has 3 N–H and O–H groups in total. The Morgan fingerprint density at radius 1 is 1.04 bits per heavy atom. The zero-order chi connectivity index (χ0) is 17.6. The molecule has 3 rings (SSSR count). The first kappa shape index (κ1) is 16.6. The van der Waals surface area contributed by atoms with Crippen LogP contribution in [0.25, 0.3) is 10.8 Å². The first-order valence-corrected chi connectivity index (χ1v) is 7.94. The molecule has 0 bridgehead atoms. The predicted octanol–water partition coefficient (Wildman–Crippen LogP) is 3.68. The molecular weight excluding hydrogens is 312 g/mol. The molecule has 0 aliphatic heterocycles. The van der Waals surface area contributed by atoms with Crippen LogP contribution in [0.3, 0.4) is 0 Å². The van der Waals surface area contributed by atoms with E-state index in [1.807, 2.05) is 42.5 Å². The number of benzene rings is 3. The number of aliphatic hydroxyl groups excluding tert-OH is 1. The molecule has 1 atom stereocenters. The van der Waals surface area contributed by atoms with Crippen LogP contribution in [0.5, 0.6) is 0 Å². The van der Waals surface area contributed by atoms with Crippen molar-refractivity contribution in [2.24, 2.45) is 0 Å². The lowest BCUT2D eigenvalue weighted by Crippen LogP contribution is -2.32. The van der Waals surface area contributed by atoms with Crippen molar-refractivity contribution in [2.75, 3.05) is 11.9 Å². The van der Waals surface area contributed by atoms with E-state index in [1.165, 1.54) is 0 Å². The van der Waals surface area contributed by atoms with Crippen LogP contribution in [0.2, 0.25) is 0 Å². The normalized spacial score (nSPS) is 11.5. The van der Waals surface area contributed by atoms with Gasteiger partial charge in [0.05, 0.1) is 6.10 Å². The molecule has 3 aromatic carbocycles. The highest BCUT2D eigenvalue weighted by Crippen LogP contribution is 2.20. The number of aliphatic hydroxyl groups is 1. The number of anilines is 1. The molecule has 0 fully saturated rings. The maximum absolute atomic E-state index is 12.0. The van der Waals surface area contributed by atoms with E-state index in [4.69, 9.17) is 6.42 Å². The number of fused-ring (bicyclic) bond motifs is 1. The van der Waals surface area contributed by atoms with Crippen molar-refractivity contribution >= 4 is 22.5 Å². The molecule has 0 aliphatic rings. The molecule has 0 aliphatic carbocycles. The second kappa shape index (κ2) is 7.52. The number of rotatable bonds is 4. The van der Waals surface area contributed by atoms with Crippen molar-refractivity contribution < 1.29 is 9.90 Å². The third-order valence-corrected chi connectivity index (χ3v) is 3.90. The molecule has 0 saturated carbocycles. The van der Waals surface area contributed by atoms with E-state index in [2.05, 4.69) is 16.6 Å². The summed E-state index contributed by atoms with van der Waals surface area (Å²) in [5.74, 6) is 2.52. The van der Waals surface area contributed by atoms with Gasteiger partial charge in [0.1, 0.15) is 0 Å². The van der Waals surface area contributed by atoms with E-state index >= 15 is 0 Å². The second-order valence-electron chi connectivity index (χ2n) is 5.68. The van der Waals surface area contributed by atoms with Gasteiger partial charge in [0.15, 0.2) is 0 Å². The molecule has 0 radical (unpaired) electrons. The van der Waals surface area contributed by atoms with E-state index in [9.17, 15) is 9.90 Å². The number of amides is 2. The van der Waals surface area contributed by atoms with E-state index < -0.39 is 12.1 Å². The van der Waals surface area contributed by atoms with Gasteiger partial charge in [-0.1, -0.05) is 48.4 Å². The minimum Gasteiger partial charge on any atom is -0.387 e. The summed E-state index contributed by atoms with van der Waals surface area (Å²) in [7, 11) is 0. The second-order valence-corrected chi connectivity index (χ2v) is 5.68. The number of nitrogens with one attached hydrogen (secondary N) is 2. The fourth-order valence-electron chi connectivity index (χ4n) is 2.58. The first-order valence-electron chi connectivity index (χ1n) is 7.94. The summed E-state index contributed by atoms with van der Waals surface area (Å²) in [6.07, 6.45) is 4.56. The highest BCUT2D eigenvalue weighted by molar-refractivity contribution is 5.89. The molecule has 0 aromatic heterocycles. The molecule has 1 unspecified atom stereocenters. The van der Waals surface area contributed by atoms with Gasteiger partial charge in [-0.3, -0.25) is 0 Å². The van der Waals surface area contributed by atoms with Crippen molar-refractivity contribution in [3.8, 4) is 12.3 Å². The van der Waals surface area contributed by atoms with Crippen LogP contribution in [0.15, 0.2) is 66.7 Å². The topological polar surface area (TPSA) is 61.4 Å². The summed E-state index contributed by atoms with van der Waals surface area (Å²) < 4.78 is 0. The highest BCUT2D eigenvalue weighted by Gasteiger charge is 2.10. The monoisotopic (exact) mass is 330 g/mol. The van der Waals surface area contributed by atoms with Gasteiger partial charge in [0.2, 0.25) is 0 Å². The van der Waals surface area contributed by atoms with Crippen LogP contribution >= 0.6 is 0 Å². The van der Waals surface area contributed by atoms with E-state index in [0.29, 0.717) is 11.3 Å². The summed E-state index contributed by atoms with van der Waals surface area (Å²) in [5.41, 5.74) is 2.05. The Balaban J connectivity index is 1.59. The van der Waals surface area contributed by atoms with Crippen LogP contribution in [0, 0.1) is 12.3 Å². The van der Waals surface area contributed by atoms with E-state index in [0.717, 1.165) is 16.3 Å². The van der Waals surface area contributed by atoms with Crippen molar-refractivity contribution in [3.05, 3.63) is 77.9 Å². The Kier molecular flexibility index (Phi) is 4.98. The predicted molar refractivity (Wildman–Crippen MR) is 100 cm³/mol. The van der Waals surface area contributed by atoms with Gasteiger partial charge in [0.25, 0.3) is 0 Å². The van der Waals surface area contributed by atoms with Crippen molar-refractivity contribution in [2.45, 2.75) is 6.10 Å². The molecule has 4 nitrogen and oxygen atoms in total. The van der Waals surface area contributed by atoms with Gasteiger partial charge >= 0.3 is 6.03 Å². The summed E-state index contributed by atoms with van der Waals surface area (Å²) >= 11 is 0. The number of hydrogen-bond acceptors (Lipinski definition) is 2. The van der Waals surface area contributed by atoms with Gasteiger partial charge in [-0.15, -0.1) is 6.42 Å². The standard InChI is InChI=1S/C21H18N2O2/c1-2-15-6-5-9-19(12-15)23-21(25)22-14-20(24)18-11-10-16-7-3-4-8-17(16)13-18/h1,3-13,20,24H,14H2,(H2,22,23,25). The zero-order valence-electron chi connectivity index (χ0n) is 13.6. The molecule has 0 heterocycles. The number of urea groups is 1. The van der Waals surface area contributed by atoms with Crippen LogP contribution in [0.1, 0.15) is 17.2 Å². The third kappa shape index (κ3) is 4.17. The van der Waals surface area contributed by atoms with Crippen molar-refractivity contribution in [1.82, 2.24) is 5.32 Å². The number of carbonyl (C=O) groups excluding carboxylic acids is 1. The van der Waals surface area contributed by atoms with Gasteiger partial charge in [-0.25, -0.2) is 4.79 Å². The number of hydrogen-bond donors (Lipinski definition) is 3. The zero-order valence-corrected chi connectivity index (χ0v) is 13.6. The van der Waals surface area contributed by atoms with Gasteiger partial charge in [-0.2, -0.15) is 0 Å². The van der Waals surface area contributed by atoms with Crippen LogP contribution in [-0.2, 0) is 0 Å². The third-order valence-electron chi connectivity index (χ3n) is 3.90. The van der Waals surface area contributed by atoms with Crippen LogP contribution < -0.4 is 10.6 Å². The number of carbonyl (C=O) groups is 1. The van der Waals surface area contributed by atoms with Gasteiger partial charge in [0, 0.05) is 17.8 Å². The minimum absolute atomic E-state index is 0.110. The average Bonchev–Trinajstić information content (AvgIpc) is 2.65. The summed E-state index contributed by atoms with van der Waals surface area (Å²) in [6.45, 7) is 0.110. The molecule has 25 heavy (non-hydrogen) atoms. The fraction of sp³-hybridized carbons (Fsp3) is 0.0952. The quantitative estimate of drug-likeness (QED) is 0.639. The van der Waals surface area contributed by atoms with Crippen molar-refractivity contribution in [3.63, 3.8) is 0 Å². The Morgan fingerprint density at radius 3 is 2.64 bits per heavy atom. The molecular formula is C21H18N2O2. The van der Waals surface area contributed by atoms with Gasteiger partial charge < -0.3 is 15.7 Å². The largest absolute Gasteiger partial charge is 0.387 e. The Bertz CT molecular complexity index is 944.